The first kappa shape index (κ1) is 27.7. The molecule has 0 bridgehead atoms. The monoisotopic (exact) mass is 484 g/mol. The van der Waals surface area contributed by atoms with Gasteiger partial charge in [-0.15, -0.1) is 0 Å². The Kier molecular flexibility index (Phi) is 10.1. The van der Waals surface area contributed by atoms with Crippen LogP contribution in [0, 0.1) is 5.92 Å². The van der Waals surface area contributed by atoms with Crippen LogP contribution in [0.25, 0.3) is 0 Å². The van der Waals surface area contributed by atoms with Gasteiger partial charge in [-0.25, -0.2) is 9.59 Å². The second-order valence-electron chi connectivity index (χ2n) is 9.85. The van der Waals surface area contributed by atoms with E-state index in [-0.39, 0.29) is 18.8 Å². The summed E-state index contributed by atoms with van der Waals surface area (Å²) in [5.74, 6) is -0.977. The lowest BCUT2D eigenvalue weighted by Crippen LogP contribution is -2.53. The summed E-state index contributed by atoms with van der Waals surface area (Å²) in [6, 6.07) is 14.9. The van der Waals surface area contributed by atoms with E-state index < -0.39 is 35.7 Å². The molecule has 35 heavy (non-hydrogen) atoms. The number of carbonyl (C=O) groups is 3. The van der Waals surface area contributed by atoms with E-state index in [1.807, 2.05) is 44.2 Å². The van der Waals surface area contributed by atoms with Gasteiger partial charge < -0.3 is 25.2 Å². The summed E-state index contributed by atoms with van der Waals surface area (Å²) in [4.78, 5) is 37.0. The highest BCUT2D eigenvalue weighted by Crippen LogP contribution is 2.16. The normalized spacial score (nSPS) is 13.0. The molecule has 2 atom stereocenters. The molecule has 0 radical (unpaired) electrons. The Hall–Kier alpha value is -3.55. The second kappa shape index (κ2) is 12.8. The highest BCUT2D eigenvalue weighted by Gasteiger charge is 2.29. The van der Waals surface area contributed by atoms with Gasteiger partial charge in [-0.2, -0.15) is 0 Å². The van der Waals surface area contributed by atoms with Crippen LogP contribution in [0.1, 0.15) is 52.2 Å². The fraction of sp³-hybridized carbons (Fsp3) is 0.444. The molecule has 0 unspecified atom stereocenters. The van der Waals surface area contributed by atoms with Crippen molar-refractivity contribution < 1.29 is 29.0 Å². The number of rotatable bonds is 11. The van der Waals surface area contributed by atoms with E-state index in [4.69, 9.17) is 9.47 Å². The maximum absolute atomic E-state index is 13.0. The smallest absolute Gasteiger partial charge is 0.408 e. The minimum absolute atomic E-state index is 0.0668. The molecule has 3 N–H and O–H groups in total. The molecule has 0 fully saturated rings. The van der Waals surface area contributed by atoms with Gasteiger partial charge in [0.15, 0.2) is 0 Å². The van der Waals surface area contributed by atoms with Crippen LogP contribution in [0.2, 0.25) is 0 Å². The Morgan fingerprint density at radius 3 is 2.06 bits per heavy atom. The summed E-state index contributed by atoms with van der Waals surface area (Å²) >= 11 is 0. The molecule has 0 saturated carbocycles. The summed E-state index contributed by atoms with van der Waals surface area (Å²) in [5, 5.41) is 14.6. The lowest BCUT2D eigenvalue weighted by Gasteiger charge is -2.25. The van der Waals surface area contributed by atoms with Crippen LogP contribution in [0.3, 0.4) is 0 Å². The predicted octanol–water partition coefficient (Wildman–Crippen LogP) is 4.32. The van der Waals surface area contributed by atoms with Gasteiger partial charge in [-0.3, -0.25) is 4.79 Å². The molecule has 0 spiro atoms. The van der Waals surface area contributed by atoms with E-state index in [0.717, 1.165) is 11.1 Å². The van der Waals surface area contributed by atoms with Gasteiger partial charge in [-0.05, 0) is 56.4 Å². The maximum Gasteiger partial charge on any atom is 0.408 e. The van der Waals surface area contributed by atoms with Crippen molar-refractivity contribution in [3.8, 4) is 5.75 Å². The standard InChI is InChI=1S/C27H36N2O6/c1-18(2)15-23(25(31)32)28-24(30)22(29-26(33)35-27(3,4)5)16-19-11-13-21(14-12-19)34-17-20-9-7-6-8-10-20/h6-14,18,22-23H,15-17H2,1-5H3,(H,28,30)(H,29,33)(H,31,32)/t22-,23+/m0/s1. The minimum Gasteiger partial charge on any atom is -0.489 e. The van der Waals surface area contributed by atoms with E-state index in [2.05, 4.69) is 10.6 Å². The largest absolute Gasteiger partial charge is 0.489 e. The average Bonchev–Trinajstić information content (AvgIpc) is 2.76. The Bertz CT molecular complexity index is 967. The summed E-state index contributed by atoms with van der Waals surface area (Å²) in [6.07, 6.45) is -0.331. The van der Waals surface area contributed by atoms with Gasteiger partial charge in [-0.1, -0.05) is 56.3 Å². The lowest BCUT2D eigenvalue weighted by atomic mass is 10.0. The average molecular weight is 485 g/mol. The highest BCUT2D eigenvalue weighted by molar-refractivity contribution is 5.89. The van der Waals surface area contributed by atoms with Gasteiger partial charge in [0.2, 0.25) is 5.91 Å². The molecule has 8 nitrogen and oxygen atoms in total. The summed E-state index contributed by atoms with van der Waals surface area (Å²) in [7, 11) is 0. The van der Waals surface area contributed by atoms with Crippen LogP contribution in [0.15, 0.2) is 54.6 Å². The number of carboxylic acids is 1. The van der Waals surface area contributed by atoms with Crippen molar-refractivity contribution in [3.63, 3.8) is 0 Å². The zero-order valence-electron chi connectivity index (χ0n) is 21.0. The number of ether oxygens (including phenoxy) is 2. The fourth-order valence-electron chi connectivity index (χ4n) is 3.32. The number of hydrogen-bond acceptors (Lipinski definition) is 5. The van der Waals surface area contributed by atoms with E-state index in [9.17, 15) is 19.5 Å². The molecule has 0 aliphatic rings. The number of aliphatic carboxylic acids is 1. The zero-order chi connectivity index (χ0) is 26.0. The summed E-state index contributed by atoms with van der Waals surface area (Å²) in [6.45, 7) is 9.34. The van der Waals surface area contributed by atoms with Crippen molar-refractivity contribution in [2.24, 2.45) is 5.92 Å². The predicted molar refractivity (Wildman–Crippen MR) is 133 cm³/mol. The Morgan fingerprint density at radius 2 is 1.51 bits per heavy atom. The van der Waals surface area contributed by atoms with Crippen molar-refractivity contribution in [2.75, 3.05) is 0 Å². The van der Waals surface area contributed by atoms with Gasteiger partial charge in [0.05, 0.1) is 0 Å². The Morgan fingerprint density at radius 1 is 0.886 bits per heavy atom. The Labute approximate surface area is 207 Å². The van der Waals surface area contributed by atoms with Crippen LogP contribution in [0.5, 0.6) is 5.75 Å². The maximum atomic E-state index is 13.0. The Balaban J connectivity index is 2.10. The van der Waals surface area contributed by atoms with Crippen LogP contribution in [-0.2, 0) is 27.4 Å². The topological polar surface area (TPSA) is 114 Å². The molecular formula is C27H36N2O6. The van der Waals surface area contributed by atoms with E-state index in [1.54, 1.807) is 45.0 Å². The molecule has 190 valence electrons. The third-order valence-corrected chi connectivity index (χ3v) is 4.94. The molecule has 0 aliphatic carbocycles. The van der Waals surface area contributed by atoms with Crippen molar-refractivity contribution in [3.05, 3.63) is 65.7 Å². The van der Waals surface area contributed by atoms with E-state index >= 15 is 0 Å². The van der Waals surface area contributed by atoms with Crippen LogP contribution in [-0.4, -0.2) is 40.8 Å². The summed E-state index contributed by atoms with van der Waals surface area (Å²) in [5.41, 5.74) is 1.07. The number of carbonyl (C=O) groups excluding carboxylic acids is 2. The van der Waals surface area contributed by atoms with Crippen LogP contribution in [0.4, 0.5) is 4.79 Å². The number of nitrogens with one attached hydrogen (secondary N) is 2. The molecule has 2 aromatic rings. The van der Waals surface area contributed by atoms with Crippen molar-refractivity contribution >= 4 is 18.0 Å². The van der Waals surface area contributed by atoms with Gasteiger partial charge in [0.1, 0.15) is 30.0 Å². The molecule has 0 heterocycles. The molecular weight excluding hydrogens is 448 g/mol. The van der Waals surface area contributed by atoms with Crippen molar-refractivity contribution in [1.29, 1.82) is 0 Å². The number of hydrogen-bond donors (Lipinski definition) is 3. The van der Waals surface area contributed by atoms with Gasteiger partial charge in [0.25, 0.3) is 0 Å². The molecule has 0 saturated heterocycles. The van der Waals surface area contributed by atoms with E-state index in [1.165, 1.54) is 0 Å². The number of benzene rings is 2. The van der Waals surface area contributed by atoms with Crippen LogP contribution < -0.4 is 15.4 Å². The fourth-order valence-corrected chi connectivity index (χ4v) is 3.32. The third-order valence-electron chi connectivity index (χ3n) is 4.94. The molecule has 0 aliphatic heterocycles. The first-order valence-corrected chi connectivity index (χ1v) is 11.7. The first-order valence-electron chi connectivity index (χ1n) is 11.7. The summed E-state index contributed by atoms with van der Waals surface area (Å²) < 4.78 is 11.1. The van der Waals surface area contributed by atoms with Crippen LogP contribution >= 0.6 is 0 Å². The molecule has 2 aromatic carbocycles. The lowest BCUT2D eigenvalue weighted by molar-refractivity contribution is -0.142. The number of alkyl carbamates (subject to hydrolysis) is 1. The number of carboxylic acid groups (broad SMARTS) is 1. The highest BCUT2D eigenvalue weighted by atomic mass is 16.6. The van der Waals surface area contributed by atoms with Crippen molar-refractivity contribution in [1.82, 2.24) is 10.6 Å². The molecule has 2 amide bonds. The van der Waals surface area contributed by atoms with Gasteiger partial charge >= 0.3 is 12.1 Å². The van der Waals surface area contributed by atoms with E-state index in [0.29, 0.717) is 12.4 Å². The second-order valence-corrected chi connectivity index (χ2v) is 9.85. The molecule has 0 aromatic heterocycles. The molecule has 8 heteroatoms. The van der Waals surface area contributed by atoms with Gasteiger partial charge in [0, 0.05) is 6.42 Å². The first-order chi connectivity index (χ1) is 16.4. The molecule has 2 rings (SSSR count). The van der Waals surface area contributed by atoms with Crippen molar-refractivity contribution in [2.45, 2.75) is 71.8 Å². The third kappa shape index (κ3) is 10.5. The minimum atomic E-state index is -1.12. The zero-order valence-corrected chi connectivity index (χ0v) is 21.0. The number of amides is 2. The quantitative estimate of drug-likeness (QED) is 0.438. The SMILES string of the molecule is CC(C)C[C@@H](NC(=O)[C@H](Cc1ccc(OCc2ccccc2)cc1)NC(=O)OC(C)(C)C)C(=O)O.